The highest BCUT2D eigenvalue weighted by molar-refractivity contribution is 7.62. The van der Waals surface area contributed by atoms with Gasteiger partial charge in [0.05, 0.1) is 56.1 Å². The van der Waals surface area contributed by atoms with Gasteiger partial charge in [0.1, 0.15) is 5.30 Å². The third-order valence-electron chi connectivity index (χ3n) is 7.84. The van der Waals surface area contributed by atoms with Crippen molar-refractivity contribution in [1.82, 2.24) is 19.9 Å². The number of halogens is 4. The minimum atomic E-state index is -3.96. The van der Waals surface area contributed by atoms with Gasteiger partial charge in [-0.2, -0.15) is 0 Å². The zero-order valence-electron chi connectivity index (χ0n) is 25.7. The predicted molar refractivity (Wildman–Crippen MR) is 200 cm³/mol. The average Bonchev–Trinajstić information content (AvgIpc) is 3.87. The molecule has 3 aromatic heterocycles. The van der Waals surface area contributed by atoms with Crippen LogP contribution in [0.25, 0.3) is 68.6 Å². The van der Waals surface area contributed by atoms with E-state index >= 15 is 0 Å². The lowest BCUT2D eigenvalue weighted by Gasteiger charge is -2.18. The van der Waals surface area contributed by atoms with Crippen LogP contribution in [-0.4, -0.2) is 33.1 Å². The molecule has 0 amide bonds. The average molecular weight is 736 g/mol. The van der Waals surface area contributed by atoms with Crippen LogP contribution in [0.5, 0.6) is 0 Å². The first kappa shape index (κ1) is 32.9. The minimum absolute atomic E-state index is 0.133. The van der Waals surface area contributed by atoms with E-state index in [4.69, 9.17) is 65.4 Å². The molecular formula is C36H27Cl4N4O3P. The third-order valence-corrected chi connectivity index (χ3v) is 11.3. The van der Waals surface area contributed by atoms with E-state index in [2.05, 4.69) is 9.97 Å². The highest BCUT2D eigenvalue weighted by atomic mass is 35.5. The summed E-state index contributed by atoms with van der Waals surface area (Å²) in [6.45, 7) is 3.78. The van der Waals surface area contributed by atoms with Gasteiger partial charge in [-0.05, 0) is 92.7 Å². The van der Waals surface area contributed by atoms with Crippen LogP contribution in [0.3, 0.4) is 0 Å². The molecule has 8 bridgehead atoms. The lowest BCUT2D eigenvalue weighted by Crippen LogP contribution is -2.17. The molecule has 2 aliphatic heterocycles. The molecule has 0 atom stereocenters. The second-order valence-corrected chi connectivity index (χ2v) is 14.4. The number of fused-ring (bicyclic) bond motifs is 8. The van der Waals surface area contributed by atoms with Gasteiger partial charge in [-0.3, -0.25) is 4.57 Å². The van der Waals surface area contributed by atoms with E-state index in [0.717, 1.165) is 22.1 Å². The molecule has 0 saturated carbocycles. The highest BCUT2D eigenvalue weighted by Crippen LogP contribution is 2.50. The second kappa shape index (κ2) is 13.3. The third kappa shape index (κ3) is 5.95. The standard InChI is InChI=1S/C36H27Cl4N4O3P/c1-3-46-48(45,47-4-2)36-30-17-15-28(43-30)34(32-22(37)7-5-8-23(32)38)26-13-11-20(41-26)19-21-12-14-27(42-21)35(29-16-18-31(36)44-29)33-24(39)9-6-10-25(33)40/h5-19,41-42H,3-4H2,1-2H3. The molecule has 7 nitrogen and oxygen atoms in total. The van der Waals surface area contributed by atoms with Crippen LogP contribution in [0, 0.1) is 0 Å². The van der Waals surface area contributed by atoms with Gasteiger partial charge < -0.3 is 19.0 Å². The maximum atomic E-state index is 14.7. The number of nitrogens with one attached hydrogen (secondary N) is 2. The first-order chi connectivity index (χ1) is 23.2. The number of hydrogen-bond acceptors (Lipinski definition) is 5. The smallest absolute Gasteiger partial charge is 0.355 e. The normalized spacial score (nSPS) is 12.6. The molecule has 7 rings (SSSR count). The van der Waals surface area contributed by atoms with Gasteiger partial charge in [0.15, 0.2) is 0 Å². The van der Waals surface area contributed by atoms with E-state index in [1.165, 1.54) is 0 Å². The molecule has 2 aromatic carbocycles. The van der Waals surface area contributed by atoms with Gasteiger partial charge in [0, 0.05) is 44.3 Å². The Morgan fingerprint density at radius 2 is 0.979 bits per heavy atom. The van der Waals surface area contributed by atoms with Crippen LogP contribution in [0.1, 0.15) is 36.6 Å². The number of hydrogen-bond donors (Lipinski definition) is 2. The zero-order chi connectivity index (χ0) is 33.6. The number of aromatic nitrogens is 4. The molecule has 48 heavy (non-hydrogen) atoms. The van der Waals surface area contributed by atoms with Crippen molar-refractivity contribution in [2.24, 2.45) is 0 Å². The van der Waals surface area contributed by atoms with E-state index in [1.807, 2.05) is 42.5 Å². The Hall–Kier alpha value is -3.65. The molecule has 12 heteroatoms. The van der Waals surface area contributed by atoms with Crippen molar-refractivity contribution in [3.8, 4) is 22.3 Å². The fraction of sp³-hybridized carbons (Fsp3) is 0.111. The fourth-order valence-corrected chi connectivity index (χ4v) is 8.91. The monoisotopic (exact) mass is 734 g/mol. The Balaban J connectivity index is 1.69. The molecule has 0 spiro atoms. The van der Waals surface area contributed by atoms with Crippen molar-refractivity contribution in [3.63, 3.8) is 0 Å². The summed E-state index contributed by atoms with van der Waals surface area (Å²) >= 11 is 27.1. The van der Waals surface area contributed by atoms with Crippen molar-refractivity contribution in [2.45, 2.75) is 13.8 Å². The van der Waals surface area contributed by atoms with Crippen molar-refractivity contribution in [3.05, 3.63) is 110 Å². The Labute approximate surface area is 296 Å². The highest BCUT2D eigenvalue weighted by Gasteiger charge is 2.34. The number of aromatic amines is 2. The van der Waals surface area contributed by atoms with Crippen molar-refractivity contribution in [1.29, 1.82) is 0 Å². The van der Waals surface area contributed by atoms with E-state index in [-0.39, 0.29) is 18.5 Å². The molecule has 0 aliphatic carbocycles. The summed E-state index contributed by atoms with van der Waals surface area (Å²) < 4.78 is 26.5. The summed E-state index contributed by atoms with van der Waals surface area (Å²) in [6.07, 6.45) is 7.21. The van der Waals surface area contributed by atoms with Gasteiger partial charge in [-0.15, -0.1) is 0 Å². The van der Waals surface area contributed by atoms with Crippen LogP contribution >= 0.6 is 54.0 Å². The molecular weight excluding hydrogens is 709 g/mol. The van der Waals surface area contributed by atoms with Gasteiger partial charge in [-0.25, -0.2) is 9.97 Å². The Morgan fingerprint density at radius 1 is 0.583 bits per heavy atom. The van der Waals surface area contributed by atoms with Crippen LogP contribution in [0.15, 0.2) is 66.7 Å². The van der Waals surface area contributed by atoms with Crippen molar-refractivity contribution < 1.29 is 13.6 Å². The SMILES string of the molecule is CCOP(=O)(OCC)c1c2nc(c(-c3c(Cl)cccc3Cl)c3ccc(cc4ccc([nH]4)c(-c4c(Cl)cccc4Cl)c4nc1C=C4)[nH]3)C=C2. The molecule has 2 N–H and O–H groups in total. The molecule has 5 aromatic rings. The van der Waals surface area contributed by atoms with Crippen LogP contribution < -0.4 is 5.30 Å². The fourth-order valence-electron chi connectivity index (χ4n) is 5.91. The van der Waals surface area contributed by atoms with Crippen molar-refractivity contribution >= 4 is 106 Å². The first-order valence-corrected chi connectivity index (χ1v) is 18.2. The lowest BCUT2D eigenvalue weighted by atomic mass is 10.0. The van der Waals surface area contributed by atoms with E-state index in [0.29, 0.717) is 65.1 Å². The summed E-state index contributed by atoms with van der Waals surface area (Å²) in [7, 11) is -3.96. The molecule has 0 radical (unpaired) electrons. The van der Waals surface area contributed by atoms with E-state index in [9.17, 15) is 4.57 Å². The van der Waals surface area contributed by atoms with E-state index in [1.54, 1.807) is 62.4 Å². The summed E-state index contributed by atoms with van der Waals surface area (Å²) in [5, 5.41) is 2.03. The van der Waals surface area contributed by atoms with Gasteiger partial charge in [0.25, 0.3) is 0 Å². The number of nitrogens with zero attached hydrogens (tertiary/aromatic N) is 2. The Kier molecular flexibility index (Phi) is 9.14. The van der Waals surface area contributed by atoms with Gasteiger partial charge >= 0.3 is 7.60 Å². The van der Waals surface area contributed by atoms with Crippen LogP contribution in [0.4, 0.5) is 0 Å². The Bertz CT molecular complexity index is 2180. The minimum Gasteiger partial charge on any atom is -0.355 e. The molecule has 2 aliphatic rings. The maximum absolute atomic E-state index is 14.7. The van der Waals surface area contributed by atoms with Gasteiger partial charge in [-0.1, -0.05) is 58.5 Å². The molecule has 242 valence electrons. The lowest BCUT2D eigenvalue weighted by molar-refractivity contribution is 0.229. The molecule has 0 fully saturated rings. The van der Waals surface area contributed by atoms with Gasteiger partial charge in [0.2, 0.25) is 0 Å². The first-order valence-electron chi connectivity index (χ1n) is 15.1. The van der Waals surface area contributed by atoms with Crippen molar-refractivity contribution in [2.75, 3.05) is 13.2 Å². The molecule has 5 heterocycles. The number of rotatable bonds is 7. The summed E-state index contributed by atoms with van der Waals surface area (Å²) in [5.41, 5.74) is 7.43. The maximum Gasteiger partial charge on any atom is 0.365 e. The summed E-state index contributed by atoms with van der Waals surface area (Å²) in [4.78, 5) is 17.0. The number of H-pyrrole nitrogens is 2. The Morgan fingerprint density at radius 3 is 1.38 bits per heavy atom. The largest absolute Gasteiger partial charge is 0.365 e. The summed E-state index contributed by atoms with van der Waals surface area (Å²) in [5.74, 6) is 0. The summed E-state index contributed by atoms with van der Waals surface area (Å²) in [6, 6.07) is 20.5. The predicted octanol–water partition coefficient (Wildman–Crippen LogP) is 11.5. The quantitative estimate of drug-likeness (QED) is 0.159. The number of benzene rings is 2. The zero-order valence-corrected chi connectivity index (χ0v) is 29.6. The van der Waals surface area contributed by atoms with E-state index < -0.39 is 7.60 Å². The van der Waals surface area contributed by atoms with Crippen LogP contribution in [-0.2, 0) is 13.6 Å². The molecule has 0 saturated heterocycles. The molecule has 0 unspecified atom stereocenters. The topological polar surface area (TPSA) is 92.9 Å². The second-order valence-electron chi connectivity index (χ2n) is 10.9. The van der Waals surface area contributed by atoms with Crippen LogP contribution in [0.2, 0.25) is 20.1 Å².